The summed E-state index contributed by atoms with van der Waals surface area (Å²) in [6.45, 7) is 6.21. The first-order valence-corrected chi connectivity index (χ1v) is 9.00. The quantitative estimate of drug-likeness (QED) is 0.219. The summed E-state index contributed by atoms with van der Waals surface area (Å²) in [7, 11) is 0. The van der Waals surface area contributed by atoms with Crippen molar-refractivity contribution in [2.45, 2.75) is 58.7 Å². The molecular formula is C17H31N5O6. The summed E-state index contributed by atoms with van der Waals surface area (Å²) in [6, 6.07) is -3.01. The third-order valence-electron chi connectivity index (χ3n) is 3.99. The lowest BCUT2D eigenvalue weighted by atomic mass is 10.0. The van der Waals surface area contributed by atoms with Gasteiger partial charge >= 0.3 is 5.97 Å². The average molecular weight is 401 g/mol. The van der Waals surface area contributed by atoms with Crippen LogP contribution in [0, 0.1) is 11.8 Å². The van der Waals surface area contributed by atoms with E-state index in [1.807, 2.05) is 0 Å². The summed E-state index contributed by atoms with van der Waals surface area (Å²) in [4.78, 5) is 58.7. The van der Waals surface area contributed by atoms with Crippen LogP contribution in [-0.2, 0) is 24.0 Å². The molecule has 0 bridgehead atoms. The number of nitrogens with two attached hydrogens (primary N) is 2. The van der Waals surface area contributed by atoms with E-state index in [-0.39, 0.29) is 24.7 Å². The molecule has 160 valence electrons. The number of carbonyl (C=O) groups is 5. The second-order valence-electron chi connectivity index (χ2n) is 7.18. The topological polar surface area (TPSA) is 194 Å². The Labute approximate surface area is 164 Å². The Hall–Kier alpha value is -2.69. The number of primary amides is 1. The molecule has 0 aliphatic rings. The summed E-state index contributed by atoms with van der Waals surface area (Å²) >= 11 is 0. The Balaban J connectivity index is 5.25. The first-order chi connectivity index (χ1) is 12.9. The van der Waals surface area contributed by atoms with Crippen molar-refractivity contribution in [2.75, 3.05) is 6.54 Å². The molecule has 0 rings (SSSR count). The van der Waals surface area contributed by atoms with Gasteiger partial charge in [-0.1, -0.05) is 27.7 Å². The molecule has 11 heteroatoms. The van der Waals surface area contributed by atoms with Crippen LogP contribution in [0.15, 0.2) is 0 Å². The third kappa shape index (κ3) is 9.31. The maximum absolute atomic E-state index is 12.6. The number of hydrogen-bond acceptors (Lipinski definition) is 6. The van der Waals surface area contributed by atoms with Gasteiger partial charge in [-0.25, -0.2) is 0 Å². The van der Waals surface area contributed by atoms with E-state index >= 15 is 0 Å². The highest BCUT2D eigenvalue weighted by Gasteiger charge is 2.30. The number of aliphatic carboxylic acids is 1. The van der Waals surface area contributed by atoms with Gasteiger partial charge in [-0.15, -0.1) is 0 Å². The Morgan fingerprint density at radius 2 is 1.46 bits per heavy atom. The molecule has 28 heavy (non-hydrogen) atoms. The minimum absolute atomic E-state index is 0.0702. The molecule has 0 spiro atoms. The minimum atomic E-state index is -1.23. The molecule has 11 nitrogen and oxygen atoms in total. The molecule has 0 saturated heterocycles. The van der Waals surface area contributed by atoms with Crippen LogP contribution in [0.4, 0.5) is 0 Å². The number of nitrogens with one attached hydrogen (secondary N) is 3. The first-order valence-electron chi connectivity index (χ1n) is 9.00. The van der Waals surface area contributed by atoms with Gasteiger partial charge in [0.15, 0.2) is 0 Å². The molecule has 0 radical (unpaired) electrons. The van der Waals surface area contributed by atoms with Gasteiger partial charge in [0, 0.05) is 6.42 Å². The molecule has 0 aromatic carbocycles. The number of amides is 4. The lowest BCUT2D eigenvalue weighted by molar-refractivity contribution is -0.139. The van der Waals surface area contributed by atoms with Crippen molar-refractivity contribution in [2.24, 2.45) is 23.3 Å². The Morgan fingerprint density at radius 3 is 1.89 bits per heavy atom. The van der Waals surface area contributed by atoms with E-state index in [0.717, 1.165) is 0 Å². The van der Waals surface area contributed by atoms with Gasteiger partial charge in [0.25, 0.3) is 0 Å². The van der Waals surface area contributed by atoms with Crippen molar-refractivity contribution >= 4 is 29.6 Å². The Morgan fingerprint density at radius 1 is 0.893 bits per heavy atom. The van der Waals surface area contributed by atoms with Crippen LogP contribution in [-0.4, -0.2) is 59.4 Å². The van der Waals surface area contributed by atoms with Crippen molar-refractivity contribution in [3.63, 3.8) is 0 Å². The highest BCUT2D eigenvalue weighted by Crippen LogP contribution is 2.06. The number of carboxylic acid groups (broad SMARTS) is 1. The van der Waals surface area contributed by atoms with Crippen molar-refractivity contribution in [1.29, 1.82) is 0 Å². The molecule has 3 atom stereocenters. The number of rotatable bonds is 12. The lowest BCUT2D eigenvalue weighted by Gasteiger charge is -2.26. The van der Waals surface area contributed by atoms with E-state index in [1.165, 1.54) is 0 Å². The molecule has 8 N–H and O–H groups in total. The molecule has 0 aromatic heterocycles. The zero-order valence-corrected chi connectivity index (χ0v) is 16.7. The van der Waals surface area contributed by atoms with Crippen LogP contribution in [0.2, 0.25) is 0 Å². The average Bonchev–Trinajstić information content (AvgIpc) is 2.59. The maximum atomic E-state index is 12.6. The molecule has 0 fully saturated rings. The fraction of sp³-hybridized carbons (Fsp3) is 0.706. The lowest BCUT2D eigenvalue weighted by Crippen LogP contribution is -2.57. The van der Waals surface area contributed by atoms with Gasteiger partial charge in [0.05, 0.1) is 6.04 Å². The Kier molecular flexibility index (Phi) is 10.8. The van der Waals surface area contributed by atoms with Crippen molar-refractivity contribution < 1.29 is 29.1 Å². The second-order valence-corrected chi connectivity index (χ2v) is 7.18. The van der Waals surface area contributed by atoms with Crippen molar-refractivity contribution in [3.8, 4) is 0 Å². The largest absolute Gasteiger partial charge is 0.480 e. The molecule has 0 unspecified atom stereocenters. The van der Waals surface area contributed by atoms with E-state index in [2.05, 4.69) is 16.0 Å². The highest BCUT2D eigenvalue weighted by atomic mass is 16.4. The standard InChI is InChI=1S/C17H31N5O6/c1-8(2)13(19)16(27)21-10(5-6-11(18)23)15(26)22-14(9(3)4)17(28)20-7-12(24)25/h8-10,13-14H,5-7,19H2,1-4H3,(H2,18,23)(H,20,28)(H,21,27)(H,22,26)(H,24,25)/t10-,13-,14-/m0/s1. The van der Waals surface area contributed by atoms with Gasteiger partial charge in [-0.05, 0) is 18.3 Å². The molecule has 0 saturated carbocycles. The van der Waals surface area contributed by atoms with E-state index in [9.17, 15) is 24.0 Å². The summed E-state index contributed by atoms with van der Waals surface area (Å²) in [5.74, 6) is -4.36. The molecule has 0 aromatic rings. The van der Waals surface area contributed by atoms with Crippen LogP contribution in [0.5, 0.6) is 0 Å². The van der Waals surface area contributed by atoms with Gasteiger partial charge in [-0.2, -0.15) is 0 Å². The van der Waals surface area contributed by atoms with Crippen LogP contribution < -0.4 is 27.4 Å². The zero-order chi connectivity index (χ0) is 22.0. The van der Waals surface area contributed by atoms with Crippen LogP contribution in [0.25, 0.3) is 0 Å². The van der Waals surface area contributed by atoms with Gasteiger partial charge < -0.3 is 32.5 Å². The zero-order valence-electron chi connectivity index (χ0n) is 16.7. The number of hydrogen-bond donors (Lipinski definition) is 6. The monoisotopic (exact) mass is 401 g/mol. The van der Waals surface area contributed by atoms with E-state index in [1.54, 1.807) is 27.7 Å². The summed E-state index contributed by atoms with van der Waals surface area (Å²) in [5, 5.41) is 15.8. The van der Waals surface area contributed by atoms with Crippen LogP contribution in [0.3, 0.4) is 0 Å². The van der Waals surface area contributed by atoms with Crippen molar-refractivity contribution in [1.82, 2.24) is 16.0 Å². The predicted molar refractivity (Wildman–Crippen MR) is 101 cm³/mol. The van der Waals surface area contributed by atoms with Gasteiger partial charge in [0.2, 0.25) is 23.6 Å². The molecule has 0 aliphatic carbocycles. The third-order valence-corrected chi connectivity index (χ3v) is 3.99. The SMILES string of the molecule is CC(C)[C@H](N)C(=O)N[C@@H](CCC(N)=O)C(=O)N[C@H](C(=O)NCC(=O)O)C(C)C. The number of carboxylic acids is 1. The minimum Gasteiger partial charge on any atom is -0.480 e. The summed E-state index contributed by atoms with van der Waals surface area (Å²) in [5.41, 5.74) is 10.9. The van der Waals surface area contributed by atoms with Crippen LogP contribution >= 0.6 is 0 Å². The predicted octanol–water partition coefficient (Wildman–Crippen LogP) is -1.94. The molecular weight excluding hydrogens is 370 g/mol. The molecule has 0 aliphatic heterocycles. The maximum Gasteiger partial charge on any atom is 0.322 e. The number of carbonyl (C=O) groups excluding carboxylic acids is 4. The Bertz CT molecular complexity index is 593. The smallest absolute Gasteiger partial charge is 0.322 e. The normalized spacial score (nSPS) is 14.1. The second kappa shape index (κ2) is 11.9. The van der Waals surface area contributed by atoms with Crippen LogP contribution in [0.1, 0.15) is 40.5 Å². The van der Waals surface area contributed by atoms with Gasteiger partial charge in [-0.3, -0.25) is 24.0 Å². The summed E-state index contributed by atoms with van der Waals surface area (Å²) in [6.07, 6.45) is -0.230. The fourth-order valence-electron chi connectivity index (χ4n) is 2.19. The fourth-order valence-corrected chi connectivity index (χ4v) is 2.19. The van der Waals surface area contributed by atoms with Gasteiger partial charge in [0.1, 0.15) is 18.6 Å². The first kappa shape index (κ1) is 25.3. The van der Waals surface area contributed by atoms with E-state index in [0.29, 0.717) is 0 Å². The summed E-state index contributed by atoms with van der Waals surface area (Å²) < 4.78 is 0. The van der Waals surface area contributed by atoms with Crippen molar-refractivity contribution in [3.05, 3.63) is 0 Å². The highest BCUT2D eigenvalue weighted by molar-refractivity contribution is 5.94. The van der Waals surface area contributed by atoms with E-state index in [4.69, 9.17) is 16.6 Å². The molecule has 0 heterocycles. The van der Waals surface area contributed by atoms with E-state index < -0.39 is 54.3 Å². The molecule has 4 amide bonds.